The Labute approximate surface area is 154 Å². The van der Waals surface area contributed by atoms with Crippen LogP contribution in [0.1, 0.15) is 24.0 Å². The van der Waals surface area contributed by atoms with Gasteiger partial charge in [0.1, 0.15) is 5.82 Å². The van der Waals surface area contributed by atoms with Gasteiger partial charge in [-0.15, -0.1) is 5.10 Å². The van der Waals surface area contributed by atoms with Crippen LogP contribution >= 0.6 is 11.8 Å². The van der Waals surface area contributed by atoms with Gasteiger partial charge in [-0.25, -0.2) is 14.3 Å². The zero-order valence-electron chi connectivity index (χ0n) is 14.5. The first kappa shape index (κ1) is 18.7. The molecule has 1 aliphatic heterocycles. The first-order valence-electron chi connectivity index (χ1n) is 8.44. The lowest BCUT2D eigenvalue weighted by Gasteiger charge is -2.11. The number of aromatic amines is 1. The standard InChI is InChI=1S/C17H21FN4O3S/c1-11-7-12(4-5-14(11)18)8-19-15(23)10-26-17-21-20-16(24)22(17)9-13-3-2-6-25-13/h4-5,7,13H,2-3,6,8-10H2,1H3,(H,19,23)(H,20,24). The molecule has 2 aromatic rings. The number of carbonyl (C=O) groups is 1. The molecule has 1 aliphatic rings. The Bertz CT molecular complexity index is 830. The third kappa shape index (κ3) is 4.73. The quantitative estimate of drug-likeness (QED) is 0.713. The van der Waals surface area contributed by atoms with E-state index in [4.69, 9.17) is 4.74 Å². The number of hydrogen-bond acceptors (Lipinski definition) is 5. The van der Waals surface area contributed by atoms with Crippen LogP contribution in [0.5, 0.6) is 0 Å². The average molecular weight is 380 g/mol. The molecular formula is C17H21FN4O3S. The molecule has 9 heteroatoms. The van der Waals surface area contributed by atoms with E-state index in [-0.39, 0.29) is 29.3 Å². The van der Waals surface area contributed by atoms with Crippen molar-refractivity contribution < 1.29 is 13.9 Å². The van der Waals surface area contributed by atoms with Gasteiger partial charge in [0, 0.05) is 13.2 Å². The molecule has 1 saturated heterocycles. The fourth-order valence-corrected chi connectivity index (χ4v) is 3.55. The predicted octanol–water partition coefficient (Wildman–Crippen LogP) is 1.61. The Morgan fingerprint density at radius 1 is 1.54 bits per heavy atom. The molecule has 2 heterocycles. The number of benzene rings is 1. The van der Waals surface area contributed by atoms with Crippen LogP contribution in [0.25, 0.3) is 0 Å². The van der Waals surface area contributed by atoms with E-state index in [1.54, 1.807) is 19.1 Å². The second-order valence-electron chi connectivity index (χ2n) is 6.21. The van der Waals surface area contributed by atoms with E-state index >= 15 is 0 Å². The number of H-pyrrole nitrogens is 1. The van der Waals surface area contributed by atoms with Crippen LogP contribution in [-0.4, -0.2) is 39.1 Å². The minimum atomic E-state index is -0.301. The molecule has 140 valence electrons. The van der Waals surface area contributed by atoms with Crippen LogP contribution in [0.4, 0.5) is 4.39 Å². The zero-order chi connectivity index (χ0) is 18.5. The molecule has 7 nitrogen and oxygen atoms in total. The summed E-state index contributed by atoms with van der Waals surface area (Å²) in [5, 5.41) is 9.65. The highest BCUT2D eigenvalue weighted by atomic mass is 32.2. The highest BCUT2D eigenvalue weighted by Crippen LogP contribution is 2.18. The summed E-state index contributed by atoms with van der Waals surface area (Å²) in [5.74, 6) is -0.315. The molecule has 1 amide bonds. The summed E-state index contributed by atoms with van der Waals surface area (Å²) in [6.45, 7) is 3.16. The van der Waals surface area contributed by atoms with E-state index < -0.39 is 0 Å². The van der Waals surface area contributed by atoms with E-state index in [1.807, 2.05) is 0 Å². The van der Waals surface area contributed by atoms with Crippen LogP contribution in [0.15, 0.2) is 28.2 Å². The predicted molar refractivity (Wildman–Crippen MR) is 95.5 cm³/mol. The fraction of sp³-hybridized carbons (Fsp3) is 0.471. The third-order valence-electron chi connectivity index (χ3n) is 4.18. The summed E-state index contributed by atoms with van der Waals surface area (Å²) in [6.07, 6.45) is 1.92. The molecule has 0 radical (unpaired) electrons. The van der Waals surface area contributed by atoms with E-state index in [0.29, 0.717) is 30.4 Å². The van der Waals surface area contributed by atoms with Gasteiger partial charge in [-0.1, -0.05) is 23.9 Å². The van der Waals surface area contributed by atoms with E-state index in [2.05, 4.69) is 15.5 Å². The van der Waals surface area contributed by atoms with Gasteiger partial charge < -0.3 is 10.1 Å². The Morgan fingerprint density at radius 3 is 3.12 bits per heavy atom. The molecule has 0 aliphatic carbocycles. The van der Waals surface area contributed by atoms with Crippen molar-refractivity contribution in [2.24, 2.45) is 0 Å². The van der Waals surface area contributed by atoms with E-state index in [9.17, 15) is 14.0 Å². The van der Waals surface area contributed by atoms with Crippen LogP contribution in [-0.2, 0) is 22.6 Å². The fourth-order valence-electron chi connectivity index (χ4n) is 2.76. The lowest BCUT2D eigenvalue weighted by Crippen LogP contribution is -2.26. The topological polar surface area (TPSA) is 89.0 Å². The van der Waals surface area contributed by atoms with Crippen LogP contribution in [0.3, 0.4) is 0 Å². The number of aryl methyl sites for hydroxylation is 1. The molecule has 1 atom stereocenters. The molecule has 1 aromatic carbocycles. The molecule has 1 aromatic heterocycles. The minimum absolute atomic E-state index is 0.0141. The molecule has 2 N–H and O–H groups in total. The Kier molecular flexibility index (Phi) is 6.10. The van der Waals surface area contributed by atoms with Crippen molar-refractivity contribution in [3.05, 3.63) is 45.6 Å². The van der Waals surface area contributed by atoms with Crippen LogP contribution in [0.2, 0.25) is 0 Å². The first-order chi connectivity index (χ1) is 12.5. The Hall–Kier alpha value is -2.13. The van der Waals surface area contributed by atoms with Gasteiger partial charge in [-0.05, 0) is 37.0 Å². The second-order valence-corrected chi connectivity index (χ2v) is 7.15. The van der Waals surface area contributed by atoms with Crippen molar-refractivity contribution in [3.8, 4) is 0 Å². The van der Waals surface area contributed by atoms with Crippen molar-refractivity contribution in [1.82, 2.24) is 20.1 Å². The van der Waals surface area contributed by atoms with Crippen molar-refractivity contribution >= 4 is 17.7 Å². The normalized spacial score (nSPS) is 16.8. The largest absolute Gasteiger partial charge is 0.376 e. The number of halogens is 1. The monoisotopic (exact) mass is 380 g/mol. The summed E-state index contributed by atoms with van der Waals surface area (Å²) in [5.41, 5.74) is 1.07. The number of nitrogens with zero attached hydrogens (tertiary/aromatic N) is 2. The Balaban J connectivity index is 1.51. The van der Waals surface area contributed by atoms with Gasteiger partial charge in [0.05, 0.1) is 18.4 Å². The van der Waals surface area contributed by atoms with Crippen molar-refractivity contribution in [1.29, 1.82) is 0 Å². The van der Waals surface area contributed by atoms with Gasteiger partial charge in [0.25, 0.3) is 0 Å². The van der Waals surface area contributed by atoms with E-state index in [0.717, 1.165) is 18.4 Å². The van der Waals surface area contributed by atoms with Crippen molar-refractivity contribution in [2.45, 2.75) is 44.1 Å². The summed E-state index contributed by atoms with van der Waals surface area (Å²) >= 11 is 1.19. The van der Waals surface area contributed by atoms with Crippen LogP contribution < -0.4 is 11.0 Å². The number of aromatic nitrogens is 3. The third-order valence-corrected chi connectivity index (χ3v) is 5.15. The summed E-state index contributed by atoms with van der Waals surface area (Å²) in [6, 6.07) is 4.73. The molecule has 0 spiro atoms. The van der Waals surface area contributed by atoms with Gasteiger partial charge in [0.2, 0.25) is 5.91 Å². The number of nitrogens with one attached hydrogen (secondary N) is 2. The SMILES string of the molecule is Cc1cc(CNC(=O)CSc2n[nH]c(=O)n2CC2CCCO2)ccc1F. The van der Waals surface area contributed by atoms with E-state index in [1.165, 1.54) is 22.4 Å². The molecular weight excluding hydrogens is 359 g/mol. The number of amides is 1. The molecule has 1 fully saturated rings. The molecule has 0 saturated carbocycles. The maximum atomic E-state index is 13.3. The molecule has 0 bridgehead atoms. The molecule has 26 heavy (non-hydrogen) atoms. The van der Waals surface area contributed by atoms with Crippen LogP contribution in [0, 0.1) is 12.7 Å². The first-order valence-corrected chi connectivity index (χ1v) is 9.43. The second kappa shape index (κ2) is 8.50. The highest BCUT2D eigenvalue weighted by Gasteiger charge is 2.20. The molecule has 1 unspecified atom stereocenters. The van der Waals surface area contributed by atoms with Gasteiger partial charge in [-0.3, -0.25) is 9.36 Å². The number of rotatable bonds is 7. The number of carbonyl (C=O) groups excluding carboxylic acids is 1. The number of hydrogen-bond donors (Lipinski definition) is 2. The number of thioether (sulfide) groups is 1. The van der Waals surface area contributed by atoms with Gasteiger partial charge in [0.15, 0.2) is 5.16 Å². The molecule has 3 rings (SSSR count). The van der Waals surface area contributed by atoms with Gasteiger partial charge >= 0.3 is 5.69 Å². The summed E-state index contributed by atoms with van der Waals surface area (Å²) < 4.78 is 20.3. The Morgan fingerprint density at radius 2 is 2.38 bits per heavy atom. The minimum Gasteiger partial charge on any atom is -0.376 e. The lowest BCUT2D eigenvalue weighted by molar-refractivity contribution is -0.118. The highest BCUT2D eigenvalue weighted by molar-refractivity contribution is 7.99. The lowest BCUT2D eigenvalue weighted by atomic mass is 10.1. The summed E-state index contributed by atoms with van der Waals surface area (Å²) in [7, 11) is 0. The van der Waals surface area contributed by atoms with Gasteiger partial charge in [-0.2, -0.15) is 0 Å². The smallest absolute Gasteiger partial charge is 0.344 e. The maximum Gasteiger partial charge on any atom is 0.344 e. The summed E-state index contributed by atoms with van der Waals surface area (Å²) in [4.78, 5) is 23.9. The van der Waals surface area contributed by atoms with Crippen molar-refractivity contribution in [3.63, 3.8) is 0 Å². The number of ether oxygens (including phenoxy) is 1. The average Bonchev–Trinajstić information content (AvgIpc) is 3.25. The maximum absolute atomic E-state index is 13.3. The zero-order valence-corrected chi connectivity index (χ0v) is 15.3. The van der Waals surface area contributed by atoms with Crippen molar-refractivity contribution in [2.75, 3.05) is 12.4 Å².